The summed E-state index contributed by atoms with van der Waals surface area (Å²) in [4.78, 5) is 23.2. The highest BCUT2D eigenvalue weighted by molar-refractivity contribution is 7.19. The predicted molar refractivity (Wildman–Crippen MR) is 130 cm³/mol. The van der Waals surface area contributed by atoms with E-state index in [0.717, 1.165) is 49.3 Å². The maximum Gasteiger partial charge on any atom is 0.277 e. The highest BCUT2D eigenvalue weighted by Crippen LogP contribution is 2.33. The molecule has 1 amide bonds. The van der Waals surface area contributed by atoms with Crippen molar-refractivity contribution in [1.29, 1.82) is 0 Å². The average molecular weight is 480 g/mol. The largest absolute Gasteiger partial charge is 0.403 e. The number of hydrogen-bond acceptors (Lipinski definition) is 7. The van der Waals surface area contributed by atoms with Gasteiger partial charge in [0, 0.05) is 32.4 Å². The number of anilines is 1. The molecular weight excluding hydrogens is 448 g/mol. The van der Waals surface area contributed by atoms with Gasteiger partial charge in [-0.3, -0.25) is 9.79 Å². The lowest BCUT2D eigenvalue weighted by molar-refractivity contribution is 0.0964. The lowest BCUT2D eigenvalue weighted by atomic mass is 10.1. The Labute approximate surface area is 196 Å². The number of carbonyl (C=O) groups excluding carboxylic acids is 1. The van der Waals surface area contributed by atoms with E-state index in [0.29, 0.717) is 12.4 Å². The minimum atomic E-state index is -0.789. The Bertz CT molecular complexity index is 1000. The molecule has 8 nitrogen and oxygen atoms in total. The molecule has 1 aromatic carbocycles. The third-order valence-electron chi connectivity index (χ3n) is 4.98. The highest BCUT2D eigenvalue weighted by atomic mass is 32.1. The lowest BCUT2D eigenvalue weighted by Gasteiger charge is -2.25. The molecule has 0 unspecified atom stereocenters. The van der Waals surface area contributed by atoms with Crippen LogP contribution in [0.3, 0.4) is 0 Å². The Morgan fingerprint density at radius 3 is 2.55 bits per heavy atom. The molecule has 1 aliphatic heterocycles. The van der Waals surface area contributed by atoms with Crippen LogP contribution in [0.1, 0.15) is 43.6 Å². The van der Waals surface area contributed by atoms with Crippen molar-refractivity contribution in [2.24, 2.45) is 16.5 Å². The van der Waals surface area contributed by atoms with Crippen LogP contribution in [0.5, 0.6) is 0 Å². The van der Waals surface area contributed by atoms with Crippen LogP contribution in [0.4, 0.5) is 13.8 Å². The van der Waals surface area contributed by atoms with Gasteiger partial charge in [0.05, 0.1) is 11.3 Å². The fraction of sp³-hybridized carbons (Fsp3) is 0.409. The molecule has 2 heterocycles. The van der Waals surface area contributed by atoms with Crippen LogP contribution in [0.15, 0.2) is 35.1 Å². The number of hydrogen-bond donors (Lipinski definition) is 4. The zero-order valence-electron chi connectivity index (χ0n) is 19.1. The van der Waals surface area contributed by atoms with Crippen LogP contribution < -0.4 is 22.5 Å². The number of nitrogen functional groups attached to an aromatic ring is 1. The topological polar surface area (TPSA) is 136 Å². The summed E-state index contributed by atoms with van der Waals surface area (Å²) in [7, 11) is 1.60. The maximum absolute atomic E-state index is 14.1. The van der Waals surface area contributed by atoms with Gasteiger partial charge in [-0.05, 0) is 31.4 Å². The summed E-state index contributed by atoms with van der Waals surface area (Å²) >= 11 is 0.825. The number of amidine groups is 1. The van der Waals surface area contributed by atoms with E-state index in [4.69, 9.17) is 17.2 Å². The number of aliphatic imine (C=N–C) groups is 1. The normalized spacial score (nSPS) is 17.2. The van der Waals surface area contributed by atoms with Crippen molar-refractivity contribution in [1.82, 2.24) is 15.2 Å². The van der Waals surface area contributed by atoms with Crippen LogP contribution in [-0.4, -0.2) is 47.8 Å². The van der Waals surface area contributed by atoms with Crippen molar-refractivity contribution >= 4 is 28.1 Å². The van der Waals surface area contributed by atoms with Gasteiger partial charge in [-0.15, -0.1) is 0 Å². The zero-order valence-corrected chi connectivity index (χ0v) is 19.9. The van der Waals surface area contributed by atoms with Crippen LogP contribution in [-0.2, 0) is 0 Å². The van der Waals surface area contributed by atoms with Crippen LogP contribution in [0, 0.1) is 11.6 Å². The summed E-state index contributed by atoms with van der Waals surface area (Å²) in [5.74, 6) is -1.72. The molecule has 0 aliphatic carbocycles. The summed E-state index contributed by atoms with van der Waals surface area (Å²) < 4.78 is 28.2. The number of carbonyl (C=O) groups is 1. The summed E-state index contributed by atoms with van der Waals surface area (Å²) in [6.45, 7) is 5.40. The molecule has 1 aromatic heterocycles. The van der Waals surface area contributed by atoms with E-state index in [1.807, 2.05) is 18.7 Å². The van der Waals surface area contributed by atoms with Crippen molar-refractivity contribution in [2.45, 2.75) is 39.2 Å². The Balaban J connectivity index is 0.00000187. The third-order valence-corrected chi connectivity index (χ3v) is 5.89. The zero-order chi connectivity index (χ0) is 24.5. The Kier molecular flexibility index (Phi) is 9.74. The van der Waals surface area contributed by atoms with Crippen LogP contribution in [0.2, 0.25) is 0 Å². The second-order valence-electron chi connectivity index (χ2n) is 7.09. The number of thiazole rings is 1. The number of nitrogens with one attached hydrogen (secondary N) is 1. The van der Waals surface area contributed by atoms with Crippen molar-refractivity contribution in [3.8, 4) is 10.6 Å². The molecule has 0 radical (unpaired) electrons. The number of aromatic nitrogens is 1. The number of nitrogens with two attached hydrogens (primary N) is 3. The molecule has 0 spiro atoms. The Morgan fingerprint density at radius 1 is 1.27 bits per heavy atom. The van der Waals surface area contributed by atoms with Gasteiger partial charge in [0.15, 0.2) is 5.69 Å². The van der Waals surface area contributed by atoms with E-state index >= 15 is 0 Å². The molecular formula is C22H31F2N7OS. The number of benzene rings is 1. The molecule has 1 fully saturated rings. The monoisotopic (exact) mass is 479 g/mol. The fourth-order valence-corrected chi connectivity index (χ4v) is 4.30. The minimum Gasteiger partial charge on any atom is -0.403 e. The number of amides is 1. The maximum atomic E-state index is 14.1. The number of nitrogens with zero attached hydrogens (tertiary/aromatic N) is 3. The molecule has 7 N–H and O–H groups in total. The van der Waals surface area contributed by atoms with Gasteiger partial charge in [-0.2, -0.15) is 0 Å². The second-order valence-corrected chi connectivity index (χ2v) is 8.12. The molecule has 33 heavy (non-hydrogen) atoms. The van der Waals surface area contributed by atoms with E-state index in [1.165, 1.54) is 12.3 Å². The van der Waals surface area contributed by atoms with Crippen molar-refractivity contribution in [3.05, 3.63) is 47.4 Å². The molecule has 1 aliphatic rings. The quantitative estimate of drug-likeness (QED) is 0.393. The van der Waals surface area contributed by atoms with Crippen molar-refractivity contribution < 1.29 is 13.6 Å². The second kappa shape index (κ2) is 12.3. The average Bonchev–Trinajstić information content (AvgIpc) is 3.05. The summed E-state index contributed by atoms with van der Waals surface area (Å²) in [6.07, 6.45) is 3.83. The standard InChI is InChI=1S/C20H25F2N7OS.C2H6/c1-26-18(29-8-3-4-11(24)7-9-29)14(10-23)27-19(30)16-17(25)31-20(28-16)15-12(21)5-2-6-13(15)22;1-2/h2,5-6,10-11H,3-4,7-9,23-25H2,1H3,(H,27,30);1-2H3/b14-10+,26-18?;/t11-;/m0./s1. The van der Waals surface area contributed by atoms with E-state index in [1.54, 1.807) is 7.05 Å². The van der Waals surface area contributed by atoms with Gasteiger partial charge in [0.1, 0.15) is 27.5 Å². The van der Waals surface area contributed by atoms with Gasteiger partial charge in [0.25, 0.3) is 5.91 Å². The van der Waals surface area contributed by atoms with E-state index < -0.39 is 17.5 Å². The van der Waals surface area contributed by atoms with E-state index in [-0.39, 0.29) is 33.0 Å². The molecule has 11 heteroatoms. The Hall–Kier alpha value is -3.05. The number of likely N-dealkylation sites (tertiary alicyclic amines) is 1. The first-order chi connectivity index (χ1) is 15.8. The molecule has 0 saturated carbocycles. The fourth-order valence-electron chi connectivity index (χ4n) is 3.42. The molecule has 3 rings (SSSR count). The SMILES string of the molecule is CC.CN=C(/C(=C\N)NC(=O)c1nc(-c2c(F)cccc2F)sc1N)N1CCC[C@H](N)CC1. The van der Waals surface area contributed by atoms with Crippen molar-refractivity contribution in [3.63, 3.8) is 0 Å². The number of rotatable bonds is 4. The van der Waals surface area contributed by atoms with Gasteiger partial charge in [0.2, 0.25) is 0 Å². The molecule has 180 valence electrons. The summed E-state index contributed by atoms with van der Waals surface area (Å²) in [6, 6.07) is 3.60. The first-order valence-corrected chi connectivity index (χ1v) is 11.6. The molecule has 1 saturated heterocycles. The summed E-state index contributed by atoms with van der Waals surface area (Å²) in [5.41, 5.74) is 17.6. The first-order valence-electron chi connectivity index (χ1n) is 10.8. The highest BCUT2D eigenvalue weighted by Gasteiger charge is 2.25. The van der Waals surface area contributed by atoms with Gasteiger partial charge >= 0.3 is 0 Å². The summed E-state index contributed by atoms with van der Waals surface area (Å²) in [5, 5.41) is 2.67. The smallest absolute Gasteiger partial charge is 0.277 e. The van der Waals surface area contributed by atoms with E-state index in [9.17, 15) is 13.6 Å². The number of halogens is 2. The molecule has 2 aromatic rings. The van der Waals surface area contributed by atoms with Gasteiger partial charge in [-0.25, -0.2) is 13.8 Å². The Morgan fingerprint density at radius 2 is 1.94 bits per heavy atom. The lowest BCUT2D eigenvalue weighted by Crippen LogP contribution is -2.40. The van der Waals surface area contributed by atoms with Crippen molar-refractivity contribution in [2.75, 3.05) is 25.9 Å². The van der Waals surface area contributed by atoms with Gasteiger partial charge in [-0.1, -0.05) is 31.3 Å². The van der Waals surface area contributed by atoms with E-state index in [2.05, 4.69) is 15.3 Å². The van der Waals surface area contributed by atoms with Crippen LogP contribution in [0.25, 0.3) is 10.6 Å². The third kappa shape index (κ3) is 6.26. The van der Waals surface area contributed by atoms with Crippen LogP contribution >= 0.6 is 11.3 Å². The first kappa shape index (κ1) is 26.2. The predicted octanol–water partition coefficient (Wildman–Crippen LogP) is 3.07. The molecule has 0 bridgehead atoms. The van der Waals surface area contributed by atoms with Gasteiger partial charge < -0.3 is 27.4 Å². The minimum absolute atomic E-state index is 0.0255. The molecule has 1 atom stereocenters.